The molecule has 3 aromatic carbocycles. The summed E-state index contributed by atoms with van der Waals surface area (Å²) in [6, 6.07) is 24.3. The van der Waals surface area contributed by atoms with Crippen LogP contribution in [0.4, 0.5) is 4.79 Å². The predicted octanol–water partition coefficient (Wildman–Crippen LogP) is 6.66. The molecule has 11 nitrogen and oxygen atoms in total. The Morgan fingerprint density at radius 2 is 1.74 bits per heavy atom. The van der Waals surface area contributed by atoms with Crippen LogP contribution in [0.1, 0.15) is 61.2 Å². The summed E-state index contributed by atoms with van der Waals surface area (Å²) in [5.41, 5.74) is 9.08. The number of nitrogens with one attached hydrogen (secondary N) is 2. The normalized spacial score (nSPS) is 15.2. The van der Waals surface area contributed by atoms with Crippen molar-refractivity contribution in [2.24, 2.45) is 7.05 Å². The van der Waals surface area contributed by atoms with Crippen molar-refractivity contribution < 1.29 is 24.2 Å². The lowest BCUT2D eigenvalue weighted by Gasteiger charge is -2.36. The maximum atomic E-state index is 14.8. The first-order chi connectivity index (χ1) is 25.6. The van der Waals surface area contributed by atoms with Crippen molar-refractivity contribution in [2.75, 3.05) is 6.54 Å². The number of rotatable bonds is 6. The first-order valence-electron chi connectivity index (χ1n) is 17.8. The summed E-state index contributed by atoms with van der Waals surface area (Å²) in [4.78, 5) is 52.8. The van der Waals surface area contributed by atoms with Gasteiger partial charge in [-0.3, -0.25) is 9.59 Å². The molecule has 0 fully saturated rings. The van der Waals surface area contributed by atoms with E-state index in [0.717, 1.165) is 51.0 Å². The van der Waals surface area contributed by atoms with Crippen molar-refractivity contribution in [3.63, 3.8) is 0 Å². The van der Waals surface area contributed by atoms with Crippen molar-refractivity contribution in [3.05, 3.63) is 136 Å². The first-order valence-corrected chi connectivity index (χ1v) is 17.8. The molecule has 0 saturated heterocycles. The van der Waals surface area contributed by atoms with E-state index in [1.54, 1.807) is 47.6 Å². The molecule has 5 heterocycles. The van der Waals surface area contributed by atoms with Crippen molar-refractivity contribution in [1.82, 2.24) is 29.7 Å². The van der Waals surface area contributed by atoms with Gasteiger partial charge < -0.3 is 34.5 Å². The standard InChI is InChI=1S/C42H40N6O5/c1-25-18-28-6-4-5-7-30(28)24-48(25)41(51)36-20-31-23-47(42(52)53-38-13-16-44-39-33(38)12-15-43-39)17-14-29(31)19-35(36)37-21-34(26(2)46(37)3)40(50)45-22-27-8-10-32(49)11-9-27/h4-13,15-16,19-21,25,49H,14,17-18,22-24H2,1-3H3,(H,43,44)(H,45,50)/t25-/m1/s1. The number of hydrogen-bond acceptors (Lipinski definition) is 6. The minimum atomic E-state index is -0.469. The van der Waals surface area contributed by atoms with Gasteiger partial charge in [-0.2, -0.15) is 0 Å². The number of carbonyl (C=O) groups is 3. The number of amides is 3. The second kappa shape index (κ2) is 13.6. The lowest BCUT2D eigenvalue weighted by atomic mass is 9.90. The van der Waals surface area contributed by atoms with E-state index in [9.17, 15) is 19.5 Å². The van der Waals surface area contributed by atoms with Gasteiger partial charge in [0.05, 0.1) is 10.9 Å². The Bertz CT molecular complexity index is 2390. The predicted molar refractivity (Wildman–Crippen MR) is 201 cm³/mol. The number of benzene rings is 3. The van der Waals surface area contributed by atoms with Gasteiger partial charge in [-0.05, 0) is 90.9 Å². The molecule has 6 aromatic rings. The SMILES string of the molecule is Cc1c(C(=O)NCc2ccc(O)cc2)cc(-c2cc3c(cc2C(=O)N2Cc4ccccc4C[C@H]2C)CN(C(=O)Oc2ccnc4[nH]ccc24)CC3)n1C. The van der Waals surface area contributed by atoms with E-state index in [1.807, 2.05) is 53.8 Å². The number of H-pyrrole nitrogens is 1. The Morgan fingerprint density at radius 3 is 2.55 bits per heavy atom. The average Bonchev–Trinajstić information content (AvgIpc) is 3.77. The number of phenols is 1. The van der Waals surface area contributed by atoms with Crippen LogP contribution >= 0.6 is 0 Å². The molecule has 0 unspecified atom stereocenters. The van der Waals surface area contributed by atoms with Gasteiger partial charge in [0.25, 0.3) is 11.8 Å². The van der Waals surface area contributed by atoms with Crippen LogP contribution < -0.4 is 10.1 Å². The van der Waals surface area contributed by atoms with Gasteiger partial charge in [-0.15, -0.1) is 0 Å². The van der Waals surface area contributed by atoms with Crippen molar-refractivity contribution in [3.8, 4) is 22.8 Å². The van der Waals surface area contributed by atoms with E-state index in [-0.39, 0.29) is 30.2 Å². The molecule has 3 amide bonds. The zero-order valence-corrected chi connectivity index (χ0v) is 29.8. The lowest BCUT2D eigenvalue weighted by Crippen LogP contribution is -2.43. The lowest BCUT2D eigenvalue weighted by molar-refractivity contribution is 0.0658. The monoisotopic (exact) mass is 708 g/mol. The molecule has 8 rings (SSSR count). The summed E-state index contributed by atoms with van der Waals surface area (Å²) in [5.74, 6) is 0.260. The summed E-state index contributed by atoms with van der Waals surface area (Å²) in [6.07, 6.45) is 4.20. The van der Waals surface area contributed by atoms with Gasteiger partial charge in [-0.25, -0.2) is 9.78 Å². The third-order valence-electron chi connectivity index (χ3n) is 10.7. The fraction of sp³-hybridized carbons (Fsp3) is 0.238. The first kappa shape index (κ1) is 33.8. The number of ether oxygens (including phenoxy) is 1. The highest BCUT2D eigenvalue weighted by Gasteiger charge is 2.32. The fourth-order valence-corrected chi connectivity index (χ4v) is 7.52. The van der Waals surface area contributed by atoms with Gasteiger partial charge >= 0.3 is 6.09 Å². The minimum absolute atomic E-state index is 0.0326. The number of fused-ring (bicyclic) bond motifs is 3. The Morgan fingerprint density at radius 1 is 0.943 bits per heavy atom. The van der Waals surface area contributed by atoms with Crippen molar-refractivity contribution in [2.45, 2.75) is 52.4 Å². The summed E-state index contributed by atoms with van der Waals surface area (Å²) >= 11 is 0. The summed E-state index contributed by atoms with van der Waals surface area (Å²) in [6.45, 7) is 5.49. The number of phenolic OH excluding ortho intramolecular Hbond substituents is 1. The smallest absolute Gasteiger partial charge is 0.415 e. The molecular weight excluding hydrogens is 668 g/mol. The van der Waals surface area contributed by atoms with Crippen molar-refractivity contribution >= 4 is 28.9 Å². The Kier molecular flexibility index (Phi) is 8.69. The van der Waals surface area contributed by atoms with E-state index in [4.69, 9.17) is 4.74 Å². The number of carbonyl (C=O) groups excluding carboxylic acids is 3. The Balaban J connectivity index is 1.13. The molecule has 0 radical (unpaired) electrons. The number of aromatic amines is 1. The Hall–Kier alpha value is -6.36. The zero-order valence-electron chi connectivity index (χ0n) is 29.8. The molecule has 2 aliphatic rings. The maximum absolute atomic E-state index is 14.8. The molecular formula is C42H40N6O5. The average molecular weight is 709 g/mol. The second-order valence-electron chi connectivity index (χ2n) is 13.9. The van der Waals surface area contributed by atoms with Crippen LogP contribution in [-0.2, 0) is 39.5 Å². The van der Waals surface area contributed by atoms with Crippen LogP contribution in [0.3, 0.4) is 0 Å². The van der Waals surface area contributed by atoms with E-state index in [0.29, 0.717) is 48.6 Å². The van der Waals surface area contributed by atoms with Crippen LogP contribution in [0.25, 0.3) is 22.3 Å². The quantitative estimate of drug-likeness (QED) is 0.177. The molecule has 0 bridgehead atoms. The molecule has 3 N–H and O–H groups in total. The molecule has 0 saturated carbocycles. The van der Waals surface area contributed by atoms with Gasteiger partial charge in [0.1, 0.15) is 17.1 Å². The van der Waals surface area contributed by atoms with Crippen LogP contribution in [0.2, 0.25) is 0 Å². The largest absolute Gasteiger partial charge is 0.508 e. The number of aromatic nitrogens is 3. The van der Waals surface area contributed by atoms with E-state index < -0.39 is 6.09 Å². The number of pyridine rings is 1. The molecule has 53 heavy (non-hydrogen) atoms. The van der Waals surface area contributed by atoms with Gasteiger partial charge in [-0.1, -0.05) is 36.4 Å². The summed E-state index contributed by atoms with van der Waals surface area (Å²) in [7, 11) is 1.91. The van der Waals surface area contributed by atoms with Crippen LogP contribution in [0.5, 0.6) is 11.5 Å². The highest BCUT2D eigenvalue weighted by Crippen LogP contribution is 2.35. The van der Waals surface area contributed by atoms with Gasteiger partial charge in [0.2, 0.25) is 0 Å². The highest BCUT2D eigenvalue weighted by molar-refractivity contribution is 6.03. The highest BCUT2D eigenvalue weighted by atomic mass is 16.6. The third kappa shape index (κ3) is 6.39. The molecule has 1 atom stereocenters. The third-order valence-corrected chi connectivity index (χ3v) is 10.7. The Labute approximate surface area is 306 Å². The molecule has 0 aliphatic carbocycles. The number of aromatic hydroxyl groups is 1. The van der Waals surface area contributed by atoms with Crippen LogP contribution in [0, 0.1) is 6.92 Å². The molecule has 2 aliphatic heterocycles. The summed E-state index contributed by atoms with van der Waals surface area (Å²) < 4.78 is 7.82. The van der Waals surface area contributed by atoms with Crippen LogP contribution in [-0.4, -0.2) is 59.9 Å². The molecule has 0 spiro atoms. The number of hydrogen-bond donors (Lipinski definition) is 3. The molecule has 268 valence electrons. The topological polar surface area (TPSA) is 133 Å². The second-order valence-corrected chi connectivity index (χ2v) is 13.9. The fourth-order valence-electron chi connectivity index (χ4n) is 7.52. The van der Waals surface area contributed by atoms with Crippen molar-refractivity contribution in [1.29, 1.82) is 0 Å². The van der Waals surface area contributed by atoms with E-state index in [1.165, 1.54) is 5.56 Å². The number of nitrogens with zero attached hydrogens (tertiary/aromatic N) is 4. The van der Waals surface area contributed by atoms with Crippen LogP contribution in [0.15, 0.2) is 91.3 Å². The van der Waals surface area contributed by atoms with E-state index in [2.05, 4.69) is 40.4 Å². The summed E-state index contributed by atoms with van der Waals surface area (Å²) in [5, 5.41) is 13.4. The minimum Gasteiger partial charge on any atom is -0.508 e. The van der Waals surface area contributed by atoms with E-state index >= 15 is 0 Å². The molecule has 11 heteroatoms. The maximum Gasteiger partial charge on any atom is 0.415 e. The van der Waals surface area contributed by atoms with Gasteiger partial charge in [0.15, 0.2) is 0 Å². The van der Waals surface area contributed by atoms with Gasteiger partial charge in [0, 0.05) is 80.2 Å². The molecule has 3 aromatic heterocycles. The zero-order chi connectivity index (χ0) is 36.8.